The molecular weight excluding hydrogens is 214 g/mol. The molecule has 1 aliphatic heterocycles. The molecule has 0 spiro atoms. The van der Waals surface area contributed by atoms with E-state index in [4.69, 9.17) is 0 Å². The van der Waals surface area contributed by atoms with Crippen LogP contribution in [0.3, 0.4) is 0 Å². The van der Waals surface area contributed by atoms with Crippen molar-refractivity contribution in [2.24, 2.45) is 0 Å². The van der Waals surface area contributed by atoms with Gasteiger partial charge in [-0.25, -0.2) is 0 Å². The van der Waals surface area contributed by atoms with Crippen LogP contribution in [0.4, 0.5) is 0 Å². The van der Waals surface area contributed by atoms with Gasteiger partial charge >= 0.3 is 0 Å². The minimum atomic E-state index is 0.887. The molecule has 0 aromatic heterocycles. The lowest BCUT2D eigenvalue weighted by atomic mass is 9.98. The van der Waals surface area contributed by atoms with Crippen molar-refractivity contribution in [3.05, 3.63) is 0 Å². The van der Waals surface area contributed by atoms with E-state index >= 15 is 0 Å². The fourth-order valence-corrected chi connectivity index (χ4v) is 2.38. The van der Waals surface area contributed by atoms with E-state index in [-0.39, 0.29) is 0 Å². The molecule has 0 amide bonds. The zero-order valence-corrected chi connectivity index (χ0v) is 9.65. The van der Waals surface area contributed by atoms with Gasteiger partial charge in [-0.1, -0.05) is 28.8 Å². The van der Waals surface area contributed by atoms with Gasteiger partial charge < -0.3 is 4.90 Å². The summed E-state index contributed by atoms with van der Waals surface area (Å²) in [5.74, 6) is 0. The zero-order valence-electron chi connectivity index (χ0n) is 8.06. The van der Waals surface area contributed by atoms with Gasteiger partial charge in [-0.15, -0.1) is 0 Å². The standard InChI is InChI=1S/C10H20BrN/c1-12-9-5-3-7-10(12)6-2-4-8-11/h10H,2-9H2,1H3. The van der Waals surface area contributed by atoms with E-state index in [2.05, 4.69) is 27.9 Å². The molecule has 1 atom stereocenters. The summed E-state index contributed by atoms with van der Waals surface area (Å²) < 4.78 is 0. The van der Waals surface area contributed by atoms with Crippen molar-refractivity contribution in [1.29, 1.82) is 0 Å². The quantitative estimate of drug-likeness (QED) is 0.533. The Kier molecular flexibility index (Phi) is 5.24. The van der Waals surface area contributed by atoms with Crippen LogP contribution < -0.4 is 0 Å². The molecule has 1 heterocycles. The third-order valence-corrected chi connectivity index (χ3v) is 3.40. The van der Waals surface area contributed by atoms with Gasteiger partial charge in [0.25, 0.3) is 0 Å². The lowest BCUT2D eigenvalue weighted by Gasteiger charge is -2.32. The molecule has 1 unspecified atom stereocenters. The van der Waals surface area contributed by atoms with Crippen molar-refractivity contribution in [2.75, 3.05) is 18.9 Å². The zero-order chi connectivity index (χ0) is 8.81. The summed E-state index contributed by atoms with van der Waals surface area (Å²) in [6.07, 6.45) is 8.42. The monoisotopic (exact) mass is 233 g/mol. The summed E-state index contributed by atoms with van der Waals surface area (Å²) in [5, 5.41) is 1.17. The molecule has 0 bridgehead atoms. The highest BCUT2D eigenvalue weighted by molar-refractivity contribution is 9.09. The molecule has 0 saturated carbocycles. The van der Waals surface area contributed by atoms with Gasteiger partial charge in [-0.05, 0) is 39.3 Å². The predicted octanol–water partition coefficient (Wildman–Crippen LogP) is 3.04. The Hall–Kier alpha value is 0.440. The van der Waals surface area contributed by atoms with Gasteiger partial charge in [0.2, 0.25) is 0 Å². The minimum Gasteiger partial charge on any atom is -0.303 e. The Bertz CT molecular complexity index is 116. The van der Waals surface area contributed by atoms with Gasteiger partial charge in [0.1, 0.15) is 0 Å². The third kappa shape index (κ3) is 3.44. The van der Waals surface area contributed by atoms with Crippen LogP contribution in [0.25, 0.3) is 0 Å². The molecule has 0 N–H and O–H groups in total. The summed E-state index contributed by atoms with van der Waals surface area (Å²) in [5.41, 5.74) is 0. The van der Waals surface area contributed by atoms with Gasteiger partial charge in [0.15, 0.2) is 0 Å². The van der Waals surface area contributed by atoms with E-state index in [9.17, 15) is 0 Å². The van der Waals surface area contributed by atoms with Crippen LogP contribution >= 0.6 is 15.9 Å². The molecule has 1 aliphatic rings. The number of halogens is 1. The topological polar surface area (TPSA) is 3.24 Å². The maximum absolute atomic E-state index is 3.48. The highest BCUT2D eigenvalue weighted by Crippen LogP contribution is 2.19. The summed E-state index contributed by atoms with van der Waals surface area (Å²) in [6.45, 7) is 1.32. The number of piperidine rings is 1. The first-order valence-corrected chi connectivity index (χ1v) is 6.23. The molecule has 0 radical (unpaired) electrons. The largest absolute Gasteiger partial charge is 0.303 e. The van der Waals surface area contributed by atoms with Crippen LogP contribution in [0.1, 0.15) is 38.5 Å². The van der Waals surface area contributed by atoms with Crippen LogP contribution in [0, 0.1) is 0 Å². The van der Waals surface area contributed by atoms with Crippen LogP contribution in [0.15, 0.2) is 0 Å². The summed E-state index contributed by atoms with van der Waals surface area (Å²) >= 11 is 3.48. The minimum absolute atomic E-state index is 0.887. The van der Waals surface area contributed by atoms with Gasteiger partial charge in [-0.2, -0.15) is 0 Å². The summed E-state index contributed by atoms with van der Waals surface area (Å²) in [4.78, 5) is 2.54. The van der Waals surface area contributed by atoms with E-state index < -0.39 is 0 Å². The van der Waals surface area contributed by atoms with E-state index in [0.29, 0.717) is 0 Å². The van der Waals surface area contributed by atoms with E-state index in [1.165, 1.54) is 50.4 Å². The molecule has 2 heteroatoms. The SMILES string of the molecule is CN1CCCCC1CCCCBr. The molecule has 0 aromatic carbocycles. The molecule has 0 aromatic rings. The second-order valence-electron chi connectivity index (χ2n) is 3.81. The molecule has 72 valence electrons. The summed E-state index contributed by atoms with van der Waals surface area (Å²) in [6, 6.07) is 0.887. The predicted molar refractivity (Wildman–Crippen MR) is 57.9 cm³/mol. The maximum Gasteiger partial charge on any atom is 0.00922 e. The van der Waals surface area contributed by atoms with Crippen molar-refractivity contribution >= 4 is 15.9 Å². The van der Waals surface area contributed by atoms with E-state index in [1.807, 2.05) is 0 Å². The fraction of sp³-hybridized carbons (Fsp3) is 1.00. The molecular formula is C10H20BrN. The Labute approximate surface area is 84.6 Å². The third-order valence-electron chi connectivity index (χ3n) is 2.84. The number of hydrogen-bond donors (Lipinski definition) is 0. The average molecular weight is 234 g/mol. The second kappa shape index (κ2) is 5.98. The van der Waals surface area contributed by atoms with Crippen molar-refractivity contribution in [2.45, 2.75) is 44.6 Å². The number of unbranched alkanes of at least 4 members (excludes halogenated alkanes) is 1. The molecule has 1 rings (SSSR count). The smallest absolute Gasteiger partial charge is 0.00922 e. The van der Waals surface area contributed by atoms with Crippen molar-refractivity contribution in [3.63, 3.8) is 0 Å². The first-order chi connectivity index (χ1) is 5.84. The molecule has 1 saturated heterocycles. The molecule has 1 nitrogen and oxygen atoms in total. The number of likely N-dealkylation sites (tertiary alicyclic amines) is 1. The highest BCUT2D eigenvalue weighted by atomic mass is 79.9. The van der Waals surface area contributed by atoms with Crippen molar-refractivity contribution in [3.8, 4) is 0 Å². The Morgan fingerprint density at radius 3 is 2.83 bits per heavy atom. The number of rotatable bonds is 4. The normalized spacial score (nSPS) is 26.0. The number of hydrogen-bond acceptors (Lipinski definition) is 1. The first kappa shape index (κ1) is 10.5. The highest BCUT2D eigenvalue weighted by Gasteiger charge is 2.17. The van der Waals surface area contributed by atoms with E-state index in [0.717, 1.165) is 6.04 Å². The lowest BCUT2D eigenvalue weighted by Crippen LogP contribution is -2.35. The average Bonchev–Trinajstić information content (AvgIpc) is 2.09. The van der Waals surface area contributed by atoms with E-state index in [1.54, 1.807) is 0 Å². The van der Waals surface area contributed by atoms with Crippen molar-refractivity contribution in [1.82, 2.24) is 4.90 Å². The Balaban J connectivity index is 2.11. The van der Waals surface area contributed by atoms with Crippen LogP contribution in [0.5, 0.6) is 0 Å². The van der Waals surface area contributed by atoms with Crippen LogP contribution in [0.2, 0.25) is 0 Å². The lowest BCUT2D eigenvalue weighted by molar-refractivity contribution is 0.174. The summed E-state index contributed by atoms with van der Waals surface area (Å²) in [7, 11) is 2.28. The first-order valence-electron chi connectivity index (χ1n) is 5.11. The van der Waals surface area contributed by atoms with Crippen molar-refractivity contribution < 1.29 is 0 Å². The maximum atomic E-state index is 3.48. The molecule has 12 heavy (non-hydrogen) atoms. The Morgan fingerprint density at radius 2 is 2.17 bits per heavy atom. The Morgan fingerprint density at radius 1 is 1.33 bits per heavy atom. The number of alkyl halides is 1. The van der Waals surface area contributed by atoms with Gasteiger partial charge in [-0.3, -0.25) is 0 Å². The second-order valence-corrected chi connectivity index (χ2v) is 4.61. The molecule has 0 aliphatic carbocycles. The van der Waals surface area contributed by atoms with Gasteiger partial charge in [0.05, 0.1) is 0 Å². The van der Waals surface area contributed by atoms with Crippen LogP contribution in [-0.4, -0.2) is 29.9 Å². The van der Waals surface area contributed by atoms with Crippen LogP contribution in [-0.2, 0) is 0 Å². The molecule has 1 fully saturated rings. The number of nitrogens with zero attached hydrogens (tertiary/aromatic N) is 1. The van der Waals surface area contributed by atoms with Gasteiger partial charge in [0, 0.05) is 11.4 Å². The fourth-order valence-electron chi connectivity index (χ4n) is 1.98.